The van der Waals surface area contributed by atoms with Crippen LogP contribution in [0.5, 0.6) is 5.88 Å². The third kappa shape index (κ3) is 5.57. The van der Waals surface area contributed by atoms with E-state index in [9.17, 15) is 9.36 Å². The van der Waals surface area contributed by atoms with Crippen molar-refractivity contribution in [1.82, 2.24) is 24.6 Å². The molecule has 0 saturated carbocycles. The van der Waals surface area contributed by atoms with Crippen molar-refractivity contribution in [2.24, 2.45) is 11.8 Å². The van der Waals surface area contributed by atoms with Gasteiger partial charge in [0.15, 0.2) is 17.4 Å². The molecule has 2 aliphatic heterocycles. The topological polar surface area (TPSA) is 162 Å². The number of hydrogen-bond acceptors (Lipinski definition) is 11. The van der Waals surface area contributed by atoms with Gasteiger partial charge in [0.1, 0.15) is 23.7 Å². The molecule has 2 fully saturated rings. The van der Waals surface area contributed by atoms with Gasteiger partial charge < -0.3 is 19.9 Å². The summed E-state index contributed by atoms with van der Waals surface area (Å²) in [6.45, 7) is 11.2. The molecule has 37 heavy (non-hydrogen) atoms. The van der Waals surface area contributed by atoms with E-state index in [0.717, 1.165) is 0 Å². The zero-order valence-corrected chi connectivity index (χ0v) is 23.4. The number of nitrogens with one attached hydrogen (secondary N) is 1. The van der Waals surface area contributed by atoms with Gasteiger partial charge in [-0.05, 0) is 19.8 Å². The number of nitrogen functional groups attached to an aromatic ring is 1. The van der Waals surface area contributed by atoms with Crippen LogP contribution in [0.4, 0.5) is 5.95 Å². The lowest BCUT2D eigenvalue weighted by Crippen LogP contribution is -2.47. The number of esters is 1. The number of anilines is 1. The summed E-state index contributed by atoms with van der Waals surface area (Å²) in [4.78, 5) is 23.6. The molecule has 6 atom stereocenters. The lowest BCUT2D eigenvalue weighted by atomic mass is 10.0. The average Bonchev–Trinajstić information content (AvgIpc) is 3.34. The summed E-state index contributed by atoms with van der Waals surface area (Å²) in [6, 6.07) is -0.473. The second-order valence-corrected chi connectivity index (χ2v) is 12.4. The van der Waals surface area contributed by atoms with Crippen molar-refractivity contribution in [3.05, 3.63) is 6.33 Å². The molecule has 13 nitrogen and oxygen atoms in total. The van der Waals surface area contributed by atoms with E-state index in [2.05, 4.69) is 20.0 Å². The van der Waals surface area contributed by atoms with E-state index in [0.29, 0.717) is 17.8 Å². The normalized spacial score (nSPS) is 30.6. The fraction of sp³-hybridized carbons (Fsp3) is 0.727. The molecule has 0 bridgehead atoms. The molecule has 2 aromatic rings. The van der Waals surface area contributed by atoms with Gasteiger partial charge in [-0.2, -0.15) is 9.97 Å². The molecule has 4 heterocycles. The maximum absolute atomic E-state index is 13.6. The first-order valence-electron chi connectivity index (χ1n) is 12.2. The highest BCUT2D eigenvalue weighted by molar-refractivity contribution is 7.51. The first kappa shape index (κ1) is 28.0. The molecule has 0 aromatic carbocycles. The van der Waals surface area contributed by atoms with Crippen LogP contribution in [0.1, 0.15) is 47.8 Å². The Morgan fingerprint density at radius 2 is 2.11 bits per heavy atom. The lowest BCUT2D eigenvalue weighted by molar-refractivity contribution is -0.148. The SMILES string of the molecule is CCOc1nc(N)nc2c1ncn2[C@@H]1O[C@@H]2CO[P@](=O)(N[C@@H](COC(=O)C(C)C)C(C)C)O[C@H]2[C@@]1(C)Cl. The van der Waals surface area contributed by atoms with Crippen LogP contribution in [-0.4, -0.2) is 68.4 Å². The molecule has 2 aromatic heterocycles. The second kappa shape index (κ2) is 10.6. The van der Waals surface area contributed by atoms with Crippen LogP contribution >= 0.6 is 19.3 Å². The molecule has 0 spiro atoms. The quantitative estimate of drug-likeness (QED) is 0.262. The molecule has 3 N–H and O–H groups in total. The van der Waals surface area contributed by atoms with Gasteiger partial charge >= 0.3 is 13.7 Å². The molecule has 0 radical (unpaired) electrons. The van der Waals surface area contributed by atoms with Crippen LogP contribution in [0.3, 0.4) is 0 Å². The molecule has 0 unspecified atom stereocenters. The number of carbonyl (C=O) groups is 1. The number of imidazole rings is 1. The molecule has 206 valence electrons. The van der Waals surface area contributed by atoms with Gasteiger partial charge in [-0.15, -0.1) is 11.6 Å². The predicted octanol–water partition coefficient (Wildman–Crippen LogP) is 3.04. The molecule has 2 aliphatic rings. The van der Waals surface area contributed by atoms with Gasteiger partial charge in [0.25, 0.3) is 0 Å². The summed E-state index contributed by atoms with van der Waals surface area (Å²) < 4.78 is 44.0. The van der Waals surface area contributed by atoms with Crippen LogP contribution in [0, 0.1) is 11.8 Å². The summed E-state index contributed by atoms with van der Waals surface area (Å²) in [5, 5.41) is 2.93. The number of carbonyl (C=O) groups excluding carboxylic acids is 1. The van der Waals surface area contributed by atoms with Gasteiger partial charge in [-0.1, -0.05) is 27.7 Å². The maximum atomic E-state index is 13.6. The van der Waals surface area contributed by atoms with Crippen molar-refractivity contribution < 1.29 is 32.6 Å². The van der Waals surface area contributed by atoms with Crippen LogP contribution in [0.25, 0.3) is 11.2 Å². The Balaban J connectivity index is 1.55. The van der Waals surface area contributed by atoms with Gasteiger partial charge in [0, 0.05) is 0 Å². The van der Waals surface area contributed by atoms with E-state index in [1.807, 2.05) is 20.8 Å². The van der Waals surface area contributed by atoms with Crippen LogP contribution < -0.4 is 15.6 Å². The second-order valence-electron chi connectivity index (χ2n) is 9.91. The number of hydrogen-bond donors (Lipinski definition) is 2. The zero-order chi connectivity index (χ0) is 27.1. The maximum Gasteiger partial charge on any atom is 0.406 e. The van der Waals surface area contributed by atoms with Crippen molar-refractivity contribution >= 4 is 42.4 Å². The monoisotopic (exact) mass is 560 g/mol. The average molecular weight is 561 g/mol. The summed E-state index contributed by atoms with van der Waals surface area (Å²) in [6.07, 6.45) is -0.711. The van der Waals surface area contributed by atoms with Crippen LogP contribution in [0.2, 0.25) is 0 Å². The number of ether oxygens (including phenoxy) is 3. The Kier molecular flexibility index (Phi) is 8.04. The third-order valence-corrected chi connectivity index (χ3v) is 8.33. The molecular formula is C22H34ClN6O7P. The minimum atomic E-state index is -3.83. The molecule has 2 saturated heterocycles. The fourth-order valence-corrected chi connectivity index (χ4v) is 6.54. The number of aromatic nitrogens is 4. The Morgan fingerprint density at radius 1 is 1.38 bits per heavy atom. The lowest BCUT2D eigenvalue weighted by Gasteiger charge is -2.37. The van der Waals surface area contributed by atoms with E-state index in [1.165, 1.54) is 6.33 Å². The third-order valence-electron chi connectivity index (χ3n) is 6.29. The summed E-state index contributed by atoms with van der Waals surface area (Å²) in [7, 11) is -3.83. The standard InChI is InChI=1S/C22H34ClN6O7P/c1-7-32-18-15-17(26-21(24)27-18)29(10-25-15)20-22(6,23)16-14(35-20)9-34-37(31,36-16)28-13(11(2)3)8-33-19(30)12(4)5/h10-14,16,20H,7-9H2,1-6H3,(H,28,31)(H2,24,26,27)/t13-,14+,16+,20+,22+,37+/m0/s1. The van der Waals surface area contributed by atoms with Gasteiger partial charge in [0.05, 0.1) is 31.5 Å². The highest BCUT2D eigenvalue weighted by atomic mass is 35.5. The van der Waals surface area contributed by atoms with Gasteiger partial charge in [-0.3, -0.25) is 18.4 Å². The minimum Gasteiger partial charge on any atom is -0.476 e. The van der Waals surface area contributed by atoms with Crippen molar-refractivity contribution in [2.45, 2.75) is 70.9 Å². The smallest absolute Gasteiger partial charge is 0.406 e. The van der Waals surface area contributed by atoms with Crippen molar-refractivity contribution in [3.8, 4) is 5.88 Å². The van der Waals surface area contributed by atoms with Gasteiger partial charge in [-0.25, -0.2) is 14.6 Å². The summed E-state index contributed by atoms with van der Waals surface area (Å²) in [5.74, 6) is -0.397. The Labute approximate surface area is 220 Å². The number of fused-ring (bicyclic) bond motifs is 2. The summed E-state index contributed by atoms with van der Waals surface area (Å²) >= 11 is 7.03. The minimum absolute atomic E-state index is 0.00979. The number of nitrogens with two attached hydrogens (primary N) is 1. The first-order chi connectivity index (χ1) is 17.4. The Morgan fingerprint density at radius 3 is 2.76 bits per heavy atom. The highest BCUT2D eigenvalue weighted by Crippen LogP contribution is 2.58. The number of alkyl halides is 1. The van der Waals surface area contributed by atoms with Crippen molar-refractivity contribution in [2.75, 3.05) is 25.6 Å². The molecule has 0 aliphatic carbocycles. The summed E-state index contributed by atoms with van der Waals surface area (Å²) in [5.41, 5.74) is 6.67. The molecule has 0 amide bonds. The fourth-order valence-electron chi connectivity index (χ4n) is 4.16. The zero-order valence-electron chi connectivity index (χ0n) is 21.7. The highest BCUT2D eigenvalue weighted by Gasteiger charge is 2.60. The van der Waals surface area contributed by atoms with E-state index < -0.39 is 37.1 Å². The number of rotatable bonds is 9. The number of halogens is 1. The molecule has 15 heteroatoms. The van der Waals surface area contributed by atoms with E-state index in [-0.39, 0.29) is 42.8 Å². The number of nitrogens with zero attached hydrogens (tertiary/aromatic N) is 4. The van der Waals surface area contributed by atoms with Crippen molar-refractivity contribution in [3.63, 3.8) is 0 Å². The largest absolute Gasteiger partial charge is 0.476 e. The van der Waals surface area contributed by atoms with Crippen molar-refractivity contribution in [1.29, 1.82) is 0 Å². The molecule has 4 rings (SSSR count). The van der Waals surface area contributed by atoms with Gasteiger partial charge in [0.2, 0.25) is 11.8 Å². The van der Waals surface area contributed by atoms with E-state index >= 15 is 0 Å². The Bertz CT molecular complexity index is 1190. The predicted molar refractivity (Wildman–Crippen MR) is 135 cm³/mol. The van der Waals surface area contributed by atoms with Crippen LogP contribution in [-0.2, 0) is 27.9 Å². The molecular weight excluding hydrogens is 527 g/mol. The first-order valence-corrected chi connectivity index (χ1v) is 14.1. The van der Waals surface area contributed by atoms with Crippen LogP contribution in [0.15, 0.2) is 6.33 Å². The Hall–Kier alpha value is -2.02. The van der Waals surface area contributed by atoms with E-state index in [4.69, 9.17) is 40.6 Å². The van der Waals surface area contributed by atoms with E-state index in [1.54, 1.807) is 25.3 Å².